The van der Waals surface area contributed by atoms with E-state index >= 15 is 0 Å². The molecule has 2 heteroatoms. The molecule has 1 heterocycles. The van der Waals surface area contributed by atoms with Gasteiger partial charge in [-0.05, 0) is 29.5 Å². The zero-order valence-corrected chi connectivity index (χ0v) is 9.59. The molecule has 0 aliphatic carbocycles. The third-order valence-electron chi connectivity index (χ3n) is 2.17. The maximum absolute atomic E-state index is 5.63. The minimum absolute atomic E-state index is 0.690. The second-order valence-corrected chi connectivity index (χ2v) is 4.66. The lowest BCUT2D eigenvalue weighted by molar-refractivity contribution is 0.107. The Bertz CT molecular complexity index is 405. The van der Waals surface area contributed by atoms with Crippen molar-refractivity contribution >= 4 is 11.3 Å². The molecule has 0 N–H and O–H groups in total. The summed E-state index contributed by atoms with van der Waals surface area (Å²) >= 11 is 1.77. The van der Waals surface area contributed by atoms with Gasteiger partial charge in [0.05, 0.1) is 13.2 Å². The number of hydrogen-bond acceptors (Lipinski definition) is 2. The molecule has 0 saturated carbocycles. The first-order valence-corrected chi connectivity index (χ1v) is 5.88. The molecule has 0 bridgehead atoms. The summed E-state index contributed by atoms with van der Waals surface area (Å²) in [6.45, 7) is 3.51. The fourth-order valence-electron chi connectivity index (χ4n) is 1.43. The Morgan fingerprint density at radius 1 is 1.07 bits per heavy atom. The van der Waals surface area contributed by atoms with Gasteiger partial charge in [-0.2, -0.15) is 0 Å². The van der Waals surface area contributed by atoms with Gasteiger partial charge in [-0.3, -0.25) is 0 Å². The van der Waals surface area contributed by atoms with Crippen molar-refractivity contribution in [1.82, 2.24) is 0 Å². The highest BCUT2D eigenvalue weighted by Crippen LogP contribution is 2.14. The van der Waals surface area contributed by atoms with Crippen molar-refractivity contribution in [3.8, 4) is 0 Å². The van der Waals surface area contributed by atoms with Crippen LogP contribution in [0.25, 0.3) is 0 Å². The van der Waals surface area contributed by atoms with E-state index in [0.717, 1.165) is 0 Å². The monoisotopic (exact) mass is 218 g/mol. The van der Waals surface area contributed by atoms with Crippen molar-refractivity contribution in [1.29, 1.82) is 0 Å². The normalized spacial score (nSPS) is 10.5. The van der Waals surface area contributed by atoms with Crippen LogP contribution in [0.1, 0.15) is 16.0 Å². The van der Waals surface area contributed by atoms with Crippen molar-refractivity contribution in [3.05, 3.63) is 57.8 Å². The van der Waals surface area contributed by atoms with Crippen LogP contribution in [0.2, 0.25) is 0 Å². The zero-order valence-electron chi connectivity index (χ0n) is 8.77. The largest absolute Gasteiger partial charge is 0.372 e. The summed E-state index contributed by atoms with van der Waals surface area (Å²) < 4.78 is 5.63. The Hall–Kier alpha value is -1.12. The van der Waals surface area contributed by atoms with Crippen molar-refractivity contribution in [3.63, 3.8) is 0 Å². The fourth-order valence-corrected chi connectivity index (χ4v) is 2.13. The molecule has 2 aromatic rings. The first-order chi connectivity index (χ1) is 7.34. The van der Waals surface area contributed by atoms with Crippen LogP contribution in [0.3, 0.4) is 0 Å². The summed E-state index contributed by atoms with van der Waals surface area (Å²) in [5.74, 6) is 0. The highest BCUT2D eigenvalue weighted by molar-refractivity contribution is 7.10. The standard InChI is InChI=1S/C13H14OS/c1-11-7-13(10-15-11)9-14-8-12-5-3-2-4-6-12/h2-7,10H,8-9H2,1H3. The van der Waals surface area contributed by atoms with Crippen LogP contribution in [0.5, 0.6) is 0 Å². The van der Waals surface area contributed by atoms with Crippen LogP contribution in [0.15, 0.2) is 41.8 Å². The molecule has 0 saturated heterocycles. The third kappa shape index (κ3) is 3.18. The number of ether oxygens (including phenoxy) is 1. The molecule has 0 amide bonds. The predicted octanol–water partition coefficient (Wildman–Crippen LogP) is 3.77. The van der Waals surface area contributed by atoms with Gasteiger partial charge in [-0.1, -0.05) is 30.3 Å². The maximum Gasteiger partial charge on any atom is 0.0729 e. The molecule has 0 atom stereocenters. The summed E-state index contributed by atoms with van der Waals surface area (Å²) in [6, 6.07) is 12.4. The Morgan fingerprint density at radius 2 is 1.80 bits per heavy atom. The lowest BCUT2D eigenvalue weighted by atomic mass is 10.2. The van der Waals surface area contributed by atoms with Crippen molar-refractivity contribution in [2.24, 2.45) is 0 Å². The topological polar surface area (TPSA) is 9.23 Å². The summed E-state index contributed by atoms with van der Waals surface area (Å²) in [5, 5.41) is 2.15. The van der Waals surface area contributed by atoms with Gasteiger partial charge >= 0.3 is 0 Å². The maximum atomic E-state index is 5.63. The molecule has 78 valence electrons. The van der Waals surface area contributed by atoms with Crippen molar-refractivity contribution in [2.75, 3.05) is 0 Å². The first-order valence-electron chi connectivity index (χ1n) is 5.00. The summed E-state index contributed by atoms with van der Waals surface area (Å²) in [5.41, 5.74) is 2.50. The fraction of sp³-hybridized carbons (Fsp3) is 0.231. The van der Waals surface area contributed by atoms with E-state index in [0.29, 0.717) is 13.2 Å². The third-order valence-corrected chi connectivity index (χ3v) is 3.08. The van der Waals surface area contributed by atoms with Crippen LogP contribution in [-0.4, -0.2) is 0 Å². The van der Waals surface area contributed by atoms with Crippen LogP contribution in [0.4, 0.5) is 0 Å². The van der Waals surface area contributed by atoms with Gasteiger partial charge in [0, 0.05) is 4.88 Å². The molecular weight excluding hydrogens is 204 g/mol. The second-order valence-electron chi connectivity index (χ2n) is 3.54. The Labute approximate surface area is 94.3 Å². The van der Waals surface area contributed by atoms with Crippen LogP contribution < -0.4 is 0 Å². The van der Waals surface area contributed by atoms with E-state index in [9.17, 15) is 0 Å². The molecule has 2 rings (SSSR count). The van der Waals surface area contributed by atoms with Gasteiger partial charge in [0.2, 0.25) is 0 Å². The van der Waals surface area contributed by atoms with E-state index in [2.05, 4.69) is 30.5 Å². The molecule has 0 unspecified atom stereocenters. The molecule has 0 aliphatic heterocycles. The van der Waals surface area contributed by atoms with Crippen LogP contribution in [0, 0.1) is 6.92 Å². The second kappa shape index (κ2) is 5.10. The van der Waals surface area contributed by atoms with E-state index in [1.807, 2.05) is 18.2 Å². The minimum atomic E-state index is 0.690. The summed E-state index contributed by atoms with van der Waals surface area (Å²) in [7, 11) is 0. The van der Waals surface area contributed by atoms with Gasteiger partial charge in [0.25, 0.3) is 0 Å². The molecular formula is C13H14OS. The molecule has 0 fully saturated rings. The molecule has 1 aromatic carbocycles. The zero-order chi connectivity index (χ0) is 10.5. The van der Waals surface area contributed by atoms with Gasteiger partial charge in [-0.15, -0.1) is 11.3 Å². The summed E-state index contributed by atoms with van der Waals surface area (Å²) in [4.78, 5) is 1.34. The van der Waals surface area contributed by atoms with Crippen LogP contribution >= 0.6 is 11.3 Å². The molecule has 1 aromatic heterocycles. The van der Waals surface area contributed by atoms with E-state index in [-0.39, 0.29) is 0 Å². The summed E-state index contributed by atoms with van der Waals surface area (Å²) in [6.07, 6.45) is 0. The smallest absolute Gasteiger partial charge is 0.0729 e. The molecule has 0 radical (unpaired) electrons. The Kier molecular flexibility index (Phi) is 3.54. The first kappa shape index (κ1) is 10.4. The Balaban J connectivity index is 1.80. The van der Waals surface area contributed by atoms with Gasteiger partial charge in [0.1, 0.15) is 0 Å². The highest BCUT2D eigenvalue weighted by atomic mass is 32.1. The van der Waals surface area contributed by atoms with Gasteiger partial charge in [0.15, 0.2) is 0 Å². The van der Waals surface area contributed by atoms with Crippen LogP contribution in [-0.2, 0) is 18.0 Å². The predicted molar refractivity (Wildman–Crippen MR) is 64.0 cm³/mol. The van der Waals surface area contributed by atoms with Crippen molar-refractivity contribution in [2.45, 2.75) is 20.1 Å². The number of benzene rings is 1. The highest BCUT2D eigenvalue weighted by Gasteiger charge is 1.96. The van der Waals surface area contributed by atoms with E-state index in [1.54, 1.807) is 11.3 Å². The van der Waals surface area contributed by atoms with E-state index in [4.69, 9.17) is 4.74 Å². The lowest BCUT2D eigenvalue weighted by Gasteiger charge is -2.02. The van der Waals surface area contributed by atoms with Gasteiger partial charge in [-0.25, -0.2) is 0 Å². The quantitative estimate of drug-likeness (QED) is 0.759. The molecule has 0 spiro atoms. The lowest BCUT2D eigenvalue weighted by Crippen LogP contribution is -1.92. The SMILES string of the molecule is Cc1cc(COCc2ccccc2)cs1. The van der Waals surface area contributed by atoms with Gasteiger partial charge < -0.3 is 4.74 Å². The number of rotatable bonds is 4. The minimum Gasteiger partial charge on any atom is -0.372 e. The van der Waals surface area contributed by atoms with Crippen molar-refractivity contribution < 1.29 is 4.74 Å². The molecule has 1 nitrogen and oxygen atoms in total. The number of hydrogen-bond donors (Lipinski definition) is 0. The average molecular weight is 218 g/mol. The average Bonchev–Trinajstić information content (AvgIpc) is 2.66. The number of aryl methyl sites for hydroxylation is 1. The molecule has 15 heavy (non-hydrogen) atoms. The Morgan fingerprint density at radius 3 is 2.47 bits per heavy atom. The number of thiophene rings is 1. The van der Waals surface area contributed by atoms with E-state index in [1.165, 1.54) is 16.0 Å². The van der Waals surface area contributed by atoms with E-state index < -0.39 is 0 Å². The molecule has 0 aliphatic rings.